The first kappa shape index (κ1) is 24.5. The monoisotopic (exact) mass is 519 g/mol. The van der Waals surface area contributed by atoms with Crippen LogP contribution in [0.4, 0.5) is 4.39 Å². The third-order valence-corrected chi connectivity index (χ3v) is 6.46. The van der Waals surface area contributed by atoms with Crippen molar-refractivity contribution in [3.8, 4) is 11.3 Å². The van der Waals surface area contributed by atoms with Gasteiger partial charge < -0.3 is 19.3 Å². The maximum absolute atomic E-state index is 13.8. The van der Waals surface area contributed by atoms with Gasteiger partial charge in [-0.15, -0.1) is 5.10 Å². The Morgan fingerprint density at radius 1 is 1.17 bits per heavy atom. The molecule has 1 unspecified atom stereocenters. The van der Waals surface area contributed by atoms with Crippen molar-refractivity contribution in [1.82, 2.24) is 15.0 Å². The second-order valence-corrected chi connectivity index (χ2v) is 10.1. The summed E-state index contributed by atoms with van der Waals surface area (Å²) in [6.45, 7) is -0.0262. The Morgan fingerprint density at radius 2 is 1.94 bits per heavy atom. The second-order valence-electron chi connectivity index (χ2n) is 8.46. The summed E-state index contributed by atoms with van der Waals surface area (Å²) in [6.07, 6.45) is -3.58. The highest BCUT2D eigenvalue weighted by atomic mass is 32.2. The van der Waals surface area contributed by atoms with E-state index < -0.39 is 58.7 Å². The molecule has 36 heavy (non-hydrogen) atoms. The van der Waals surface area contributed by atoms with Gasteiger partial charge in [-0.3, -0.25) is 4.18 Å². The van der Waals surface area contributed by atoms with E-state index in [9.17, 15) is 22.7 Å². The number of rotatable bonds is 6. The number of halogens is 1. The van der Waals surface area contributed by atoms with Crippen molar-refractivity contribution in [1.29, 1.82) is 0 Å². The highest BCUT2D eigenvalue weighted by molar-refractivity contribution is 7.86. The van der Waals surface area contributed by atoms with E-state index in [1.54, 1.807) is 18.2 Å². The van der Waals surface area contributed by atoms with Crippen molar-refractivity contribution in [2.75, 3.05) is 12.9 Å². The number of ether oxygens (including phenoxy) is 3. The van der Waals surface area contributed by atoms with E-state index >= 15 is 0 Å². The average molecular weight is 520 g/mol. The summed E-state index contributed by atoms with van der Waals surface area (Å²) in [5, 5.41) is 18.0. The first-order chi connectivity index (χ1) is 17.2. The smallest absolute Gasteiger partial charge is 0.335 e. The molecule has 0 bridgehead atoms. The van der Waals surface area contributed by atoms with Crippen LogP contribution in [0.25, 0.3) is 11.3 Å². The molecule has 5 rings (SSSR count). The molecule has 2 fully saturated rings. The van der Waals surface area contributed by atoms with Crippen LogP contribution in [0.5, 0.6) is 0 Å². The van der Waals surface area contributed by atoms with Gasteiger partial charge in [-0.1, -0.05) is 47.7 Å². The van der Waals surface area contributed by atoms with Crippen LogP contribution in [-0.2, 0) is 33.3 Å². The standard InChI is InChI=1S/C23H22FN3O8S/c1-36(30,31)35-20-18(27-11-16(25-26-27)14-8-5-9-15(24)10-14)19-17(33-21(20)22(28)29)12-32-23(34-19)13-6-3-2-4-7-13/h2-11,17-21,23H,12H2,1H3,(H,28,29)/t17-,18+,19+,20-,21-,23?/m1/s1. The molecule has 3 heterocycles. The lowest BCUT2D eigenvalue weighted by Gasteiger charge is -2.47. The van der Waals surface area contributed by atoms with Gasteiger partial charge in [-0.05, 0) is 12.1 Å². The molecule has 1 N–H and O–H groups in total. The predicted molar refractivity (Wildman–Crippen MR) is 120 cm³/mol. The number of nitrogens with zero attached hydrogens (tertiary/aromatic N) is 3. The third-order valence-electron chi connectivity index (χ3n) is 5.89. The summed E-state index contributed by atoms with van der Waals surface area (Å²) in [4.78, 5) is 12.1. The number of benzene rings is 2. The lowest BCUT2D eigenvalue weighted by atomic mass is 9.91. The molecule has 0 aliphatic carbocycles. The first-order valence-electron chi connectivity index (χ1n) is 11.0. The molecule has 11 nitrogen and oxygen atoms in total. The van der Waals surface area contributed by atoms with Gasteiger partial charge in [0.1, 0.15) is 35.9 Å². The minimum Gasteiger partial charge on any atom is -0.479 e. The third kappa shape index (κ3) is 5.01. The second kappa shape index (κ2) is 9.67. The van der Waals surface area contributed by atoms with Crippen LogP contribution >= 0.6 is 0 Å². The number of carboxylic acid groups (broad SMARTS) is 1. The summed E-state index contributed by atoms with van der Waals surface area (Å²) >= 11 is 0. The van der Waals surface area contributed by atoms with Gasteiger partial charge >= 0.3 is 5.97 Å². The average Bonchev–Trinajstić information content (AvgIpc) is 3.32. The predicted octanol–water partition coefficient (Wildman–Crippen LogP) is 1.94. The van der Waals surface area contributed by atoms with Crippen LogP contribution in [0.2, 0.25) is 0 Å². The number of hydrogen-bond acceptors (Lipinski definition) is 9. The van der Waals surface area contributed by atoms with Crippen molar-refractivity contribution < 1.29 is 41.1 Å². The summed E-state index contributed by atoms with van der Waals surface area (Å²) < 4.78 is 62.2. The number of hydrogen-bond donors (Lipinski definition) is 1. The van der Waals surface area contributed by atoms with Crippen LogP contribution in [-0.4, -0.2) is 71.8 Å². The molecular weight excluding hydrogens is 497 g/mol. The van der Waals surface area contributed by atoms with Crippen LogP contribution in [0.15, 0.2) is 60.8 Å². The molecule has 0 radical (unpaired) electrons. The van der Waals surface area contributed by atoms with Crippen molar-refractivity contribution in [3.63, 3.8) is 0 Å². The lowest BCUT2D eigenvalue weighted by molar-refractivity contribution is -0.311. The summed E-state index contributed by atoms with van der Waals surface area (Å²) in [6, 6.07) is 13.6. The molecule has 2 saturated heterocycles. The maximum Gasteiger partial charge on any atom is 0.335 e. The van der Waals surface area contributed by atoms with Crippen molar-refractivity contribution in [2.45, 2.75) is 36.7 Å². The fraction of sp³-hybridized carbons (Fsp3) is 0.348. The minimum atomic E-state index is -4.13. The van der Waals surface area contributed by atoms with E-state index in [-0.39, 0.29) is 12.3 Å². The largest absolute Gasteiger partial charge is 0.479 e. The molecular formula is C23H22FN3O8S. The Bertz CT molecular complexity index is 1350. The lowest BCUT2D eigenvalue weighted by Crippen LogP contribution is -2.62. The highest BCUT2D eigenvalue weighted by Crippen LogP contribution is 2.41. The SMILES string of the molecule is CS(=O)(=O)O[C@@H]1[C@@H](n2cc(-c3cccc(F)c3)nn2)[C@H]2OC(c3ccccc3)OC[C@H]2O[C@H]1C(=O)O. The zero-order chi connectivity index (χ0) is 25.4. The highest BCUT2D eigenvalue weighted by Gasteiger charge is 2.55. The topological polar surface area (TPSA) is 139 Å². The fourth-order valence-electron chi connectivity index (χ4n) is 4.39. The van der Waals surface area contributed by atoms with Crippen molar-refractivity contribution >= 4 is 16.1 Å². The van der Waals surface area contributed by atoms with Crippen molar-refractivity contribution in [3.05, 3.63) is 72.2 Å². The van der Waals surface area contributed by atoms with Crippen molar-refractivity contribution in [2.24, 2.45) is 0 Å². The molecule has 2 aliphatic rings. The van der Waals surface area contributed by atoms with E-state index in [4.69, 9.17) is 18.4 Å². The molecule has 1 aromatic heterocycles. The summed E-state index contributed by atoms with van der Waals surface area (Å²) in [7, 11) is -4.13. The molecule has 0 amide bonds. The maximum atomic E-state index is 13.8. The fourth-order valence-corrected chi connectivity index (χ4v) is 5.01. The van der Waals surface area contributed by atoms with Gasteiger partial charge in [0.2, 0.25) is 0 Å². The van der Waals surface area contributed by atoms with E-state index in [1.165, 1.54) is 29.1 Å². The van der Waals surface area contributed by atoms with E-state index in [0.717, 1.165) is 6.26 Å². The first-order valence-corrected chi connectivity index (χ1v) is 12.8. The molecule has 2 aliphatic heterocycles. The van der Waals surface area contributed by atoms with Crippen LogP contribution in [0.1, 0.15) is 17.9 Å². The minimum absolute atomic E-state index is 0.0262. The number of carbonyl (C=O) groups is 1. The number of aromatic nitrogens is 3. The van der Waals surface area contributed by atoms with Gasteiger partial charge in [-0.25, -0.2) is 13.9 Å². The molecule has 190 valence electrons. The molecule has 13 heteroatoms. The Morgan fingerprint density at radius 3 is 2.64 bits per heavy atom. The van der Waals surface area contributed by atoms with Gasteiger partial charge in [0.25, 0.3) is 10.1 Å². The Balaban J connectivity index is 1.57. The molecule has 0 saturated carbocycles. The molecule has 3 aromatic rings. The normalized spacial score (nSPS) is 28.4. The molecule has 2 aromatic carbocycles. The van der Waals surface area contributed by atoms with Gasteiger partial charge in [0.05, 0.1) is 19.1 Å². The van der Waals surface area contributed by atoms with Crippen LogP contribution in [0.3, 0.4) is 0 Å². The summed E-state index contributed by atoms with van der Waals surface area (Å²) in [5.74, 6) is -1.90. The van der Waals surface area contributed by atoms with E-state index in [0.29, 0.717) is 11.1 Å². The summed E-state index contributed by atoms with van der Waals surface area (Å²) in [5.41, 5.74) is 1.42. The zero-order valence-electron chi connectivity index (χ0n) is 18.9. The Kier molecular flexibility index (Phi) is 6.57. The number of aliphatic carboxylic acids is 1. The molecule has 6 atom stereocenters. The van der Waals surface area contributed by atoms with E-state index in [1.807, 2.05) is 18.2 Å². The number of fused-ring (bicyclic) bond motifs is 1. The Labute approximate surface area is 205 Å². The van der Waals surface area contributed by atoms with Crippen LogP contribution in [0, 0.1) is 5.82 Å². The number of carboxylic acids is 1. The quantitative estimate of drug-likeness (QED) is 0.481. The van der Waals surface area contributed by atoms with E-state index in [2.05, 4.69) is 10.3 Å². The zero-order valence-corrected chi connectivity index (χ0v) is 19.7. The molecule has 0 spiro atoms. The van der Waals surface area contributed by atoms with Crippen LogP contribution < -0.4 is 0 Å². The van der Waals surface area contributed by atoms with Gasteiger partial charge in [-0.2, -0.15) is 8.42 Å². The van der Waals surface area contributed by atoms with Gasteiger partial charge in [0, 0.05) is 11.1 Å². The van der Waals surface area contributed by atoms with Gasteiger partial charge in [0.15, 0.2) is 12.4 Å². The Hall–Kier alpha value is -3.23.